The number of morpholine rings is 1. The van der Waals surface area contributed by atoms with E-state index in [9.17, 15) is 4.79 Å². The predicted molar refractivity (Wildman–Crippen MR) is 82.4 cm³/mol. The zero-order valence-corrected chi connectivity index (χ0v) is 13.1. The Balaban J connectivity index is 1.69. The van der Waals surface area contributed by atoms with Crippen molar-refractivity contribution in [2.45, 2.75) is 19.8 Å². The van der Waals surface area contributed by atoms with Crippen molar-refractivity contribution in [3.05, 3.63) is 0 Å². The Morgan fingerprint density at radius 2 is 1.84 bits per heavy atom. The van der Waals surface area contributed by atoms with Crippen LogP contribution in [0.4, 0.5) is 0 Å². The molecular formula is C13H22N2O2S2. The predicted octanol–water partition coefficient (Wildman–Crippen LogP) is 1.60. The number of carbonyl (C=O) groups is 1. The van der Waals surface area contributed by atoms with Crippen molar-refractivity contribution in [2.75, 3.05) is 45.1 Å². The van der Waals surface area contributed by atoms with Crippen molar-refractivity contribution < 1.29 is 9.53 Å². The molecule has 2 saturated heterocycles. The quantitative estimate of drug-likeness (QED) is 0.724. The maximum Gasteiger partial charge on any atom is 0.233 e. The van der Waals surface area contributed by atoms with Gasteiger partial charge in [0.25, 0.3) is 0 Å². The lowest BCUT2D eigenvalue weighted by Crippen LogP contribution is -2.42. The Morgan fingerprint density at radius 1 is 1.21 bits per heavy atom. The van der Waals surface area contributed by atoms with Gasteiger partial charge in [-0.1, -0.05) is 30.9 Å². The van der Waals surface area contributed by atoms with Crippen LogP contribution in [0.1, 0.15) is 19.8 Å². The van der Waals surface area contributed by atoms with E-state index in [4.69, 9.17) is 17.0 Å². The van der Waals surface area contributed by atoms with Crippen molar-refractivity contribution in [2.24, 2.45) is 5.92 Å². The molecule has 2 aliphatic heterocycles. The van der Waals surface area contributed by atoms with Crippen molar-refractivity contribution in [1.29, 1.82) is 0 Å². The number of thiocarbonyl (C=S) groups is 1. The van der Waals surface area contributed by atoms with Crippen LogP contribution in [-0.4, -0.2) is 65.2 Å². The molecular weight excluding hydrogens is 280 g/mol. The third kappa shape index (κ3) is 4.61. The summed E-state index contributed by atoms with van der Waals surface area (Å²) < 4.78 is 6.13. The zero-order valence-electron chi connectivity index (χ0n) is 11.5. The van der Waals surface area contributed by atoms with Gasteiger partial charge in [0, 0.05) is 26.2 Å². The molecule has 4 nitrogen and oxygen atoms in total. The van der Waals surface area contributed by atoms with Crippen molar-refractivity contribution in [3.8, 4) is 0 Å². The molecule has 108 valence electrons. The van der Waals surface area contributed by atoms with Crippen LogP contribution in [-0.2, 0) is 9.53 Å². The third-order valence-electron chi connectivity index (χ3n) is 3.72. The Morgan fingerprint density at radius 3 is 2.47 bits per heavy atom. The highest BCUT2D eigenvalue weighted by Crippen LogP contribution is 2.20. The van der Waals surface area contributed by atoms with E-state index in [0.717, 1.165) is 23.3 Å². The van der Waals surface area contributed by atoms with E-state index in [2.05, 4.69) is 11.8 Å². The number of carbonyl (C=O) groups excluding carboxylic acids is 1. The Labute approximate surface area is 124 Å². The van der Waals surface area contributed by atoms with Crippen LogP contribution in [0.15, 0.2) is 0 Å². The van der Waals surface area contributed by atoms with Crippen LogP contribution >= 0.6 is 24.0 Å². The molecule has 6 heteroatoms. The lowest BCUT2D eigenvalue weighted by molar-refractivity contribution is -0.132. The first kappa shape index (κ1) is 15.1. The molecule has 0 aromatic heterocycles. The second-order valence-corrected chi connectivity index (χ2v) is 6.83. The van der Waals surface area contributed by atoms with Gasteiger partial charge in [-0.25, -0.2) is 0 Å². The van der Waals surface area contributed by atoms with E-state index in [1.165, 1.54) is 24.6 Å². The highest BCUT2D eigenvalue weighted by atomic mass is 32.2. The fourth-order valence-corrected chi connectivity index (χ4v) is 3.46. The standard InChI is InChI=1S/C13H22N2O2S2/c1-11-2-4-15(5-3-11)13(18)19-10-12(16)14-6-8-17-9-7-14/h11H,2-10H2,1H3. The second-order valence-electron chi connectivity index (χ2n) is 5.22. The van der Waals surface area contributed by atoms with Crippen LogP contribution in [0, 0.1) is 5.92 Å². The van der Waals surface area contributed by atoms with Crippen molar-refractivity contribution in [1.82, 2.24) is 9.80 Å². The molecule has 0 saturated carbocycles. The number of piperidine rings is 1. The molecule has 0 radical (unpaired) electrons. The van der Waals surface area contributed by atoms with Crippen LogP contribution < -0.4 is 0 Å². The summed E-state index contributed by atoms with van der Waals surface area (Å²) in [5.41, 5.74) is 0. The van der Waals surface area contributed by atoms with E-state index in [1.807, 2.05) is 4.90 Å². The molecule has 0 atom stereocenters. The largest absolute Gasteiger partial charge is 0.378 e. The number of hydrogen-bond acceptors (Lipinski definition) is 4. The first-order valence-electron chi connectivity index (χ1n) is 6.94. The van der Waals surface area contributed by atoms with Crippen molar-refractivity contribution >= 4 is 34.2 Å². The van der Waals surface area contributed by atoms with Gasteiger partial charge in [0.15, 0.2) is 0 Å². The topological polar surface area (TPSA) is 32.8 Å². The van der Waals surface area contributed by atoms with Gasteiger partial charge in [-0.15, -0.1) is 0 Å². The number of hydrogen-bond donors (Lipinski definition) is 0. The number of likely N-dealkylation sites (tertiary alicyclic amines) is 1. The molecule has 0 aromatic rings. The van der Waals surface area contributed by atoms with Crippen LogP contribution in [0.3, 0.4) is 0 Å². The molecule has 0 bridgehead atoms. The highest BCUT2D eigenvalue weighted by Gasteiger charge is 2.21. The average molecular weight is 302 g/mol. The summed E-state index contributed by atoms with van der Waals surface area (Å²) in [5, 5.41) is 0. The van der Waals surface area contributed by atoms with Gasteiger partial charge in [0.1, 0.15) is 4.32 Å². The first-order chi connectivity index (χ1) is 9.16. The molecule has 0 N–H and O–H groups in total. The summed E-state index contributed by atoms with van der Waals surface area (Å²) in [7, 11) is 0. The summed E-state index contributed by atoms with van der Waals surface area (Å²) in [6.07, 6.45) is 2.41. The van der Waals surface area contributed by atoms with E-state index in [0.29, 0.717) is 32.1 Å². The molecule has 0 aromatic carbocycles. The normalized spacial score (nSPS) is 21.5. The van der Waals surface area contributed by atoms with Crippen LogP contribution in [0.2, 0.25) is 0 Å². The molecule has 19 heavy (non-hydrogen) atoms. The number of ether oxygens (including phenoxy) is 1. The maximum atomic E-state index is 12.0. The molecule has 0 unspecified atom stereocenters. The SMILES string of the molecule is CC1CCN(C(=S)SCC(=O)N2CCOCC2)CC1. The summed E-state index contributed by atoms with van der Waals surface area (Å²) in [4.78, 5) is 16.1. The third-order valence-corrected chi connectivity index (χ3v) is 5.23. The Bertz CT molecular complexity index is 325. The smallest absolute Gasteiger partial charge is 0.233 e. The summed E-state index contributed by atoms with van der Waals surface area (Å²) in [5.74, 6) is 1.45. The summed E-state index contributed by atoms with van der Waals surface area (Å²) >= 11 is 6.94. The van der Waals surface area contributed by atoms with Gasteiger partial charge < -0.3 is 14.5 Å². The number of nitrogens with zero attached hydrogens (tertiary/aromatic N) is 2. The molecule has 1 amide bonds. The van der Waals surface area contributed by atoms with Gasteiger partial charge in [0.2, 0.25) is 5.91 Å². The monoisotopic (exact) mass is 302 g/mol. The van der Waals surface area contributed by atoms with Gasteiger partial charge in [-0.3, -0.25) is 4.79 Å². The molecule has 2 aliphatic rings. The number of thioether (sulfide) groups is 1. The van der Waals surface area contributed by atoms with Gasteiger partial charge in [0.05, 0.1) is 19.0 Å². The number of amides is 1. The van der Waals surface area contributed by atoms with Gasteiger partial charge in [-0.05, 0) is 18.8 Å². The van der Waals surface area contributed by atoms with Crippen molar-refractivity contribution in [3.63, 3.8) is 0 Å². The zero-order chi connectivity index (χ0) is 13.7. The van der Waals surface area contributed by atoms with Crippen LogP contribution in [0.25, 0.3) is 0 Å². The van der Waals surface area contributed by atoms with E-state index < -0.39 is 0 Å². The van der Waals surface area contributed by atoms with Crippen LogP contribution in [0.5, 0.6) is 0 Å². The van der Waals surface area contributed by atoms with E-state index in [1.54, 1.807) is 0 Å². The minimum absolute atomic E-state index is 0.182. The minimum Gasteiger partial charge on any atom is -0.378 e. The molecule has 2 heterocycles. The average Bonchev–Trinajstić information content (AvgIpc) is 2.46. The molecule has 0 spiro atoms. The fourth-order valence-electron chi connectivity index (χ4n) is 2.31. The fraction of sp³-hybridized carbons (Fsp3) is 0.846. The van der Waals surface area contributed by atoms with E-state index >= 15 is 0 Å². The molecule has 0 aliphatic carbocycles. The molecule has 2 rings (SSSR count). The lowest BCUT2D eigenvalue weighted by atomic mass is 10.00. The summed E-state index contributed by atoms with van der Waals surface area (Å²) in [6, 6.07) is 0. The Kier molecular flexibility index (Phi) is 5.91. The highest BCUT2D eigenvalue weighted by molar-refractivity contribution is 8.23. The summed E-state index contributed by atoms with van der Waals surface area (Å²) in [6.45, 7) is 7.11. The minimum atomic E-state index is 0.182. The van der Waals surface area contributed by atoms with Gasteiger partial charge in [-0.2, -0.15) is 0 Å². The van der Waals surface area contributed by atoms with E-state index in [-0.39, 0.29) is 5.91 Å². The Hall–Kier alpha value is -0.330. The van der Waals surface area contributed by atoms with Gasteiger partial charge >= 0.3 is 0 Å². The lowest BCUT2D eigenvalue weighted by Gasteiger charge is -2.32. The second kappa shape index (κ2) is 7.45. The number of rotatable bonds is 2. The molecule has 2 fully saturated rings. The first-order valence-corrected chi connectivity index (χ1v) is 8.33. The maximum absolute atomic E-state index is 12.0.